The first-order valence-corrected chi connectivity index (χ1v) is 20.2. The standard InChI is InChI=1S/C42H66N8O6/c1-41(2,3)55-39(53)49-27-23-47(24-28-49)31-35(33-17-11-9-12-18-33)45-37(51)43-21-15-7-8-16-22-44-38(52)46-36(34-19-13-10-14-20-34)32-48-25-29-50(30-26-48)40(54)56-42(4,5)6/h9-14,17-20,35-36H,7-8,15-16,21-32H2,1-6H3,(H2,43,45,51)(H2,44,46,52). The molecular weight excluding hydrogens is 713 g/mol. The summed E-state index contributed by atoms with van der Waals surface area (Å²) in [6.45, 7) is 18.7. The number of hydrogen-bond acceptors (Lipinski definition) is 8. The summed E-state index contributed by atoms with van der Waals surface area (Å²) >= 11 is 0. The molecule has 2 aliphatic heterocycles. The monoisotopic (exact) mass is 779 g/mol. The summed E-state index contributed by atoms with van der Waals surface area (Å²) in [4.78, 5) is 59.0. The zero-order valence-electron chi connectivity index (χ0n) is 34.5. The van der Waals surface area contributed by atoms with Gasteiger partial charge in [0, 0.05) is 78.5 Å². The summed E-state index contributed by atoms with van der Waals surface area (Å²) in [6, 6.07) is 19.1. The Hall–Kier alpha value is -4.56. The summed E-state index contributed by atoms with van der Waals surface area (Å²) in [5.41, 5.74) is 1.00. The smallest absolute Gasteiger partial charge is 0.410 e. The van der Waals surface area contributed by atoms with E-state index in [1.807, 2.05) is 102 Å². The Morgan fingerprint density at radius 3 is 1.20 bits per heavy atom. The molecule has 2 aromatic carbocycles. The van der Waals surface area contributed by atoms with E-state index in [1.165, 1.54) is 0 Å². The van der Waals surface area contributed by atoms with E-state index >= 15 is 0 Å². The molecule has 14 nitrogen and oxygen atoms in total. The molecular formula is C42H66N8O6. The molecule has 2 atom stereocenters. The zero-order valence-corrected chi connectivity index (χ0v) is 34.5. The molecule has 310 valence electrons. The third kappa shape index (κ3) is 16.3. The Balaban J connectivity index is 1.11. The van der Waals surface area contributed by atoms with Crippen LogP contribution in [0.25, 0.3) is 0 Å². The van der Waals surface area contributed by atoms with Crippen LogP contribution in [0.5, 0.6) is 0 Å². The minimum absolute atomic E-state index is 0.197. The molecule has 6 amide bonds. The van der Waals surface area contributed by atoms with E-state index < -0.39 is 11.2 Å². The molecule has 4 N–H and O–H groups in total. The lowest BCUT2D eigenvalue weighted by molar-refractivity contribution is 0.0129. The van der Waals surface area contributed by atoms with E-state index in [4.69, 9.17) is 9.47 Å². The quantitative estimate of drug-likeness (QED) is 0.168. The molecule has 2 heterocycles. The van der Waals surface area contributed by atoms with Crippen molar-refractivity contribution in [3.05, 3.63) is 71.8 Å². The number of nitrogens with one attached hydrogen (secondary N) is 4. The first-order valence-electron chi connectivity index (χ1n) is 20.2. The topological polar surface area (TPSA) is 148 Å². The van der Waals surface area contributed by atoms with Crippen LogP contribution < -0.4 is 21.3 Å². The number of benzene rings is 2. The summed E-state index contributed by atoms with van der Waals surface area (Å²) in [5.74, 6) is 0. The Bertz CT molecular complexity index is 1390. The van der Waals surface area contributed by atoms with Crippen LogP contribution >= 0.6 is 0 Å². The van der Waals surface area contributed by atoms with E-state index in [2.05, 4.69) is 31.1 Å². The molecule has 2 fully saturated rings. The van der Waals surface area contributed by atoms with Crippen LogP contribution in [-0.2, 0) is 9.47 Å². The lowest BCUT2D eigenvalue weighted by Crippen LogP contribution is -2.52. The average Bonchev–Trinajstić information content (AvgIpc) is 3.15. The third-order valence-corrected chi connectivity index (χ3v) is 9.62. The Morgan fingerprint density at radius 1 is 0.536 bits per heavy atom. The Kier molecular flexibility index (Phi) is 17.1. The number of urea groups is 2. The van der Waals surface area contributed by atoms with Crippen molar-refractivity contribution in [3.8, 4) is 0 Å². The highest BCUT2D eigenvalue weighted by Crippen LogP contribution is 2.19. The van der Waals surface area contributed by atoms with E-state index in [9.17, 15) is 19.2 Å². The van der Waals surface area contributed by atoms with Gasteiger partial charge in [-0.3, -0.25) is 9.80 Å². The van der Waals surface area contributed by atoms with Crippen LogP contribution in [-0.4, -0.2) is 134 Å². The first-order chi connectivity index (χ1) is 26.6. The molecule has 0 bridgehead atoms. The molecule has 0 saturated carbocycles. The van der Waals surface area contributed by atoms with Crippen LogP contribution in [0, 0.1) is 0 Å². The van der Waals surface area contributed by atoms with E-state index in [1.54, 1.807) is 9.80 Å². The van der Waals surface area contributed by atoms with Gasteiger partial charge in [0.05, 0.1) is 12.1 Å². The van der Waals surface area contributed by atoms with E-state index in [0.29, 0.717) is 78.5 Å². The first kappa shape index (κ1) is 44.2. The molecule has 0 aliphatic carbocycles. The zero-order chi connectivity index (χ0) is 40.6. The second-order valence-electron chi connectivity index (χ2n) is 16.7. The summed E-state index contributed by atoms with van der Waals surface area (Å²) in [7, 11) is 0. The Labute approximate surface area is 334 Å². The van der Waals surface area contributed by atoms with Crippen molar-refractivity contribution in [3.63, 3.8) is 0 Å². The number of carbonyl (C=O) groups is 4. The van der Waals surface area contributed by atoms with Gasteiger partial charge < -0.3 is 40.5 Å². The van der Waals surface area contributed by atoms with Crippen molar-refractivity contribution in [1.82, 2.24) is 40.9 Å². The number of piperazine rings is 2. The van der Waals surface area contributed by atoms with Crippen LogP contribution in [0.15, 0.2) is 60.7 Å². The second kappa shape index (κ2) is 21.7. The van der Waals surface area contributed by atoms with Gasteiger partial charge in [0.15, 0.2) is 0 Å². The number of amides is 6. The van der Waals surface area contributed by atoms with Crippen molar-refractivity contribution in [2.24, 2.45) is 0 Å². The highest BCUT2D eigenvalue weighted by atomic mass is 16.6. The predicted molar refractivity (Wildman–Crippen MR) is 218 cm³/mol. The predicted octanol–water partition coefficient (Wildman–Crippen LogP) is 5.73. The van der Waals surface area contributed by atoms with Crippen LogP contribution in [0.3, 0.4) is 0 Å². The number of unbranched alkanes of at least 4 members (excludes halogenated alkanes) is 3. The number of hydrogen-bond donors (Lipinski definition) is 4. The van der Waals surface area contributed by atoms with Crippen molar-refractivity contribution in [1.29, 1.82) is 0 Å². The highest BCUT2D eigenvalue weighted by molar-refractivity contribution is 5.75. The molecule has 0 radical (unpaired) electrons. The number of rotatable bonds is 15. The van der Waals surface area contributed by atoms with Gasteiger partial charge in [0.25, 0.3) is 0 Å². The molecule has 0 aromatic heterocycles. The lowest BCUT2D eigenvalue weighted by atomic mass is 10.1. The summed E-state index contributed by atoms with van der Waals surface area (Å²) < 4.78 is 11.1. The molecule has 2 aliphatic rings. The van der Waals surface area contributed by atoms with Crippen molar-refractivity contribution in [2.45, 2.75) is 90.5 Å². The summed E-state index contributed by atoms with van der Waals surface area (Å²) in [5, 5.41) is 12.3. The van der Waals surface area contributed by atoms with Gasteiger partial charge in [-0.05, 0) is 65.5 Å². The molecule has 2 aromatic rings. The van der Waals surface area contributed by atoms with Gasteiger partial charge in [-0.2, -0.15) is 0 Å². The largest absolute Gasteiger partial charge is 0.444 e. The van der Waals surface area contributed by atoms with Gasteiger partial charge in [-0.25, -0.2) is 19.2 Å². The van der Waals surface area contributed by atoms with Gasteiger partial charge in [0.2, 0.25) is 0 Å². The van der Waals surface area contributed by atoms with E-state index in [0.717, 1.165) is 36.8 Å². The molecule has 4 rings (SSSR count). The Morgan fingerprint density at radius 2 is 0.875 bits per heavy atom. The minimum Gasteiger partial charge on any atom is -0.444 e. The number of carbonyl (C=O) groups excluding carboxylic acids is 4. The number of ether oxygens (including phenoxy) is 2. The van der Waals surface area contributed by atoms with Crippen LogP contribution in [0.1, 0.15) is 90.4 Å². The maximum Gasteiger partial charge on any atom is 0.410 e. The fourth-order valence-electron chi connectivity index (χ4n) is 6.66. The van der Waals surface area contributed by atoms with E-state index in [-0.39, 0.29) is 36.3 Å². The highest BCUT2D eigenvalue weighted by Gasteiger charge is 2.29. The van der Waals surface area contributed by atoms with Gasteiger partial charge >= 0.3 is 24.2 Å². The number of nitrogens with zero attached hydrogens (tertiary/aromatic N) is 4. The fraction of sp³-hybridized carbons (Fsp3) is 0.619. The van der Waals surface area contributed by atoms with Crippen LogP contribution in [0.4, 0.5) is 19.2 Å². The van der Waals surface area contributed by atoms with Gasteiger partial charge in [-0.15, -0.1) is 0 Å². The third-order valence-electron chi connectivity index (χ3n) is 9.62. The maximum atomic E-state index is 13.0. The van der Waals surface area contributed by atoms with Gasteiger partial charge in [-0.1, -0.05) is 73.5 Å². The lowest BCUT2D eigenvalue weighted by Gasteiger charge is -2.37. The second-order valence-corrected chi connectivity index (χ2v) is 16.7. The van der Waals surface area contributed by atoms with Gasteiger partial charge in [0.1, 0.15) is 11.2 Å². The molecule has 2 saturated heterocycles. The molecule has 14 heteroatoms. The maximum absolute atomic E-state index is 13.0. The summed E-state index contributed by atoms with van der Waals surface area (Å²) in [6.07, 6.45) is 2.94. The fourth-order valence-corrected chi connectivity index (χ4v) is 6.66. The molecule has 56 heavy (non-hydrogen) atoms. The molecule has 0 spiro atoms. The van der Waals surface area contributed by atoms with Crippen molar-refractivity contribution >= 4 is 24.2 Å². The average molecular weight is 779 g/mol. The molecule has 2 unspecified atom stereocenters. The normalized spacial score (nSPS) is 16.7. The SMILES string of the molecule is CC(C)(C)OC(=O)N1CCN(CC(NC(=O)NCCCCCCNC(=O)NC(CN2CCN(C(=O)OC(C)(C)C)CC2)c2ccccc2)c2ccccc2)CC1. The minimum atomic E-state index is -0.528. The van der Waals surface area contributed by atoms with Crippen molar-refractivity contribution in [2.75, 3.05) is 78.5 Å². The van der Waals surface area contributed by atoms with Crippen LogP contribution in [0.2, 0.25) is 0 Å². The van der Waals surface area contributed by atoms with Crippen molar-refractivity contribution < 1.29 is 28.7 Å².